The SMILES string of the molecule is CN(CCC#N)CC(O)CNC1CC1. The summed E-state index contributed by atoms with van der Waals surface area (Å²) in [6.45, 7) is 2.04. The van der Waals surface area contributed by atoms with Crippen molar-refractivity contribution in [3.05, 3.63) is 0 Å². The van der Waals surface area contributed by atoms with Crippen molar-refractivity contribution in [1.82, 2.24) is 10.2 Å². The molecule has 1 saturated carbocycles. The molecule has 1 rings (SSSR count). The van der Waals surface area contributed by atoms with Gasteiger partial charge >= 0.3 is 0 Å². The Morgan fingerprint density at radius 2 is 2.36 bits per heavy atom. The zero-order valence-electron chi connectivity index (χ0n) is 8.74. The van der Waals surface area contributed by atoms with Gasteiger partial charge in [-0.1, -0.05) is 0 Å². The van der Waals surface area contributed by atoms with Crippen LogP contribution in [0.3, 0.4) is 0 Å². The number of nitrogens with zero attached hydrogens (tertiary/aromatic N) is 2. The number of likely N-dealkylation sites (N-methyl/N-ethyl adjacent to an activating group) is 1. The zero-order valence-corrected chi connectivity index (χ0v) is 8.74. The summed E-state index contributed by atoms with van der Waals surface area (Å²) in [5.41, 5.74) is 0. The Morgan fingerprint density at radius 3 is 2.93 bits per heavy atom. The van der Waals surface area contributed by atoms with E-state index in [1.54, 1.807) is 0 Å². The maximum Gasteiger partial charge on any atom is 0.0791 e. The van der Waals surface area contributed by atoms with Crippen molar-refractivity contribution < 1.29 is 5.11 Å². The van der Waals surface area contributed by atoms with Crippen LogP contribution in [0.25, 0.3) is 0 Å². The maximum atomic E-state index is 9.61. The lowest BCUT2D eigenvalue weighted by atomic mass is 10.3. The molecule has 0 saturated heterocycles. The van der Waals surface area contributed by atoms with Crippen molar-refractivity contribution in [3.8, 4) is 6.07 Å². The molecule has 0 spiro atoms. The molecule has 1 atom stereocenters. The maximum absolute atomic E-state index is 9.61. The Bertz CT molecular complexity index is 198. The van der Waals surface area contributed by atoms with Crippen molar-refractivity contribution in [1.29, 1.82) is 5.26 Å². The number of nitriles is 1. The summed E-state index contributed by atoms with van der Waals surface area (Å²) in [5, 5.41) is 21.3. The number of hydrogen-bond donors (Lipinski definition) is 2. The molecule has 0 aromatic carbocycles. The number of rotatable bonds is 7. The summed E-state index contributed by atoms with van der Waals surface area (Å²) in [7, 11) is 1.93. The Balaban J connectivity index is 1.99. The molecule has 1 aliphatic carbocycles. The first-order chi connectivity index (χ1) is 6.72. The summed E-state index contributed by atoms with van der Waals surface area (Å²) in [5.74, 6) is 0. The minimum absolute atomic E-state index is 0.320. The quantitative estimate of drug-likeness (QED) is 0.600. The first-order valence-corrected chi connectivity index (χ1v) is 5.19. The fourth-order valence-corrected chi connectivity index (χ4v) is 1.35. The highest BCUT2D eigenvalue weighted by atomic mass is 16.3. The van der Waals surface area contributed by atoms with Gasteiger partial charge < -0.3 is 15.3 Å². The van der Waals surface area contributed by atoms with Crippen LogP contribution in [-0.2, 0) is 0 Å². The molecule has 1 unspecified atom stereocenters. The van der Waals surface area contributed by atoms with Gasteiger partial charge in [0.2, 0.25) is 0 Å². The van der Waals surface area contributed by atoms with Crippen molar-refractivity contribution in [3.63, 3.8) is 0 Å². The van der Waals surface area contributed by atoms with Crippen molar-refractivity contribution in [2.24, 2.45) is 0 Å². The fraction of sp³-hybridized carbons (Fsp3) is 0.900. The van der Waals surface area contributed by atoms with E-state index >= 15 is 0 Å². The van der Waals surface area contributed by atoms with Gasteiger partial charge in [0.05, 0.1) is 12.2 Å². The fourth-order valence-electron chi connectivity index (χ4n) is 1.35. The second-order valence-corrected chi connectivity index (χ2v) is 4.01. The predicted octanol–water partition coefficient (Wildman–Crippen LogP) is -0.0552. The van der Waals surface area contributed by atoms with Gasteiger partial charge in [0.1, 0.15) is 0 Å². The third-order valence-corrected chi connectivity index (χ3v) is 2.35. The molecular formula is C10H19N3O. The second kappa shape index (κ2) is 5.97. The molecule has 80 valence electrons. The van der Waals surface area contributed by atoms with Crippen LogP contribution >= 0.6 is 0 Å². The smallest absolute Gasteiger partial charge is 0.0791 e. The van der Waals surface area contributed by atoms with Gasteiger partial charge in [-0.25, -0.2) is 0 Å². The Kier molecular flexibility index (Phi) is 4.88. The molecule has 1 aliphatic rings. The summed E-state index contributed by atoms with van der Waals surface area (Å²) >= 11 is 0. The minimum Gasteiger partial charge on any atom is -0.390 e. The van der Waals surface area contributed by atoms with Gasteiger partial charge in [0, 0.05) is 32.1 Å². The van der Waals surface area contributed by atoms with Crippen molar-refractivity contribution in [2.45, 2.75) is 31.4 Å². The zero-order chi connectivity index (χ0) is 10.4. The monoisotopic (exact) mass is 197 g/mol. The van der Waals surface area contributed by atoms with E-state index in [4.69, 9.17) is 5.26 Å². The standard InChI is InChI=1S/C10H19N3O/c1-13(6-2-5-11)8-10(14)7-12-9-3-4-9/h9-10,12,14H,2-4,6-8H2,1H3. The molecule has 4 heteroatoms. The number of hydrogen-bond acceptors (Lipinski definition) is 4. The Labute approximate surface area is 85.5 Å². The third kappa shape index (κ3) is 5.18. The number of nitrogens with one attached hydrogen (secondary N) is 1. The van der Waals surface area contributed by atoms with Crippen LogP contribution in [0.5, 0.6) is 0 Å². The van der Waals surface area contributed by atoms with Gasteiger partial charge in [0.15, 0.2) is 0 Å². The first kappa shape index (κ1) is 11.4. The number of aliphatic hydroxyl groups is 1. The van der Waals surface area contributed by atoms with Crippen LogP contribution in [-0.4, -0.2) is 48.8 Å². The lowest BCUT2D eigenvalue weighted by molar-refractivity contribution is 0.125. The van der Waals surface area contributed by atoms with Gasteiger partial charge in [-0.2, -0.15) is 5.26 Å². The van der Waals surface area contributed by atoms with Crippen LogP contribution in [0, 0.1) is 11.3 Å². The third-order valence-electron chi connectivity index (χ3n) is 2.35. The second-order valence-electron chi connectivity index (χ2n) is 4.01. The summed E-state index contributed by atoms with van der Waals surface area (Å²) in [6.07, 6.45) is 2.70. The molecule has 2 N–H and O–H groups in total. The van der Waals surface area contributed by atoms with E-state index in [1.807, 2.05) is 11.9 Å². The van der Waals surface area contributed by atoms with E-state index in [0.29, 0.717) is 25.6 Å². The van der Waals surface area contributed by atoms with E-state index in [1.165, 1.54) is 12.8 Å². The van der Waals surface area contributed by atoms with E-state index in [9.17, 15) is 5.11 Å². The molecule has 0 aromatic rings. The van der Waals surface area contributed by atoms with E-state index in [-0.39, 0.29) is 6.10 Å². The van der Waals surface area contributed by atoms with Crippen LogP contribution in [0.15, 0.2) is 0 Å². The average molecular weight is 197 g/mol. The molecule has 0 bridgehead atoms. The van der Waals surface area contributed by atoms with Gasteiger partial charge in [-0.15, -0.1) is 0 Å². The van der Waals surface area contributed by atoms with Gasteiger partial charge in [0.25, 0.3) is 0 Å². The molecule has 0 aromatic heterocycles. The Hall–Kier alpha value is -0.630. The summed E-state index contributed by atoms with van der Waals surface area (Å²) in [4.78, 5) is 1.99. The Morgan fingerprint density at radius 1 is 1.64 bits per heavy atom. The summed E-state index contributed by atoms with van der Waals surface area (Å²) < 4.78 is 0. The van der Waals surface area contributed by atoms with Crippen molar-refractivity contribution >= 4 is 0 Å². The van der Waals surface area contributed by atoms with Gasteiger partial charge in [-0.05, 0) is 19.9 Å². The van der Waals surface area contributed by atoms with Crippen molar-refractivity contribution in [2.75, 3.05) is 26.7 Å². The topological polar surface area (TPSA) is 59.3 Å². The molecular weight excluding hydrogens is 178 g/mol. The van der Waals surface area contributed by atoms with Crippen LogP contribution in [0.4, 0.5) is 0 Å². The van der Waals surface area contributed by atoms with Crippen LogP contribution in [0.1, 0.15) is 19.3 Å². The van der Waals surface area contributed by atoms with E-state index < -0.39 is 0 Å². The lowest BCUT2D eigenvalue weighted by Crippen LogP contribution is -2.37. The molecule has 0 aliphatic heterocycles. The summed E-state index contributed by atoms with van der Waals surface area (Å²) in [6, 6.07) is 2.74. The molecule has 14 heavy (non-hydrogen) atoms. The van der Waals surface area contributed by atoms with E-state index in [0.717, 1.165) is 6.54 Å². The van der Waals surface area contributed by atoms with E-state index in [2.05, 4.69) is 11.4 Å². The average Bonchev–Trinajstić information content (AvgIpc) is 2.95. The molecule has 1 fully saturated rings. The first-order valence-electron chi connectivity index (χ1n) is 5.19. The molecule has 0 heterocycles. The van der Waals surface area contributed by atoms with Crippen LogP contribution < -0.4 is 5.32 Å². The number of aliphatic hydroxyl groups excluding tert-OH is 1. The van der Waals surface area contributed by atoms with Crippen LogP contribution in [0.2, 0.25) is 0 Å². The predicted molar refractivity (Wildman–Crippen MR) is 54.8 cm³/mol. The highest BCUT2D eigenvalue weighted by Crippen LogP contribution is 2.18. The van der Waals surface area contributed by atoms with Gasteiger partial charge in [-0.3, -0.25) is 0 Å². The highest BCUT2D eigenvalue weighted by Gasteiger charge is 2.21. The minimum atomic E-state index is -0.320. The lowest BCUT2D eigenvalue weighted by Gasteiger charge is -2.19. The molecule has 0 radical (unpaired) electrons. The molecule has 4 nitrogen and oxygen atoms in total. The normalized spacial score (nSPS) is 18.1. The molecule has 0 amide bonds. The largest absolute Gasteiger partial charge is 0.390 e. The highest BCUT2D eigenvalue weighted by molar-refractivity contribution is 4.82.